The number of methoxy groups -OCH3 is 1. The molecule has 0 aliphatic carbocycles. The summed E-state index contributed by atoms with van der Waals surface area (Å²) in [7, 11) is 1.36. The highest BCUT2D eigenvalue weighted by atomic mass is 79.9. The molecule has 2 rings (SSSR count). The largest absolute Gasteiger partial charge is 0.489 e. The summed E-state index contributed by atoms with van der Waals surface area (Å²) >= 11 is 3.39. The molecule has 0 radical (unpaired) electrons. The number of anilines is 1. The molecule has 1 aliphatic heterocycles. The number of halogens is 1. The Kier molecular flexibility index (Phi) is 2.81. The number of rotatable bonds is 1. The summed E-state index contributed by atoms with van der Waals surface area (Å²) in [6.45, 7) is 0.288. The van der Waals surface area contributed by atoms with Gasteiger partial charge >= 0.3 is 5.97 Å². The van der Waals surface area contributed by atoms with E-state index < -0.39 is 6.04 Å². The van der Waals surface area contributed by atoms with Gasteiger partial charge in [-0.25, -0.2) is 4.79 Å². The first-order chi connectivity index (χ1) is 7.22. The molecule has 0 spiro atoms. The molecule has 4 nitrogen and oxygen atoms in total. The second-order valence-electron chi connectivity index (χ2n) is 3.14. The zero-order chi connectivity index (χ0) is 10.8. The summed E-state index contributed by atoms with van der Waals surface area (Å²) < 4.78 is 11.0. The van der Waals surface area contributed by atoms with E-state index in [1.54, 1.807) is 0 Å². The molecular formula is C10H10BrNO3. The molecule has 0 amide bonds. The van der Waals surface area contributed by atoms with Gasteiger partial charge in [0.1, 0.15) is 12.4 Å². The number of para-hydroxylation sites is 1. The van der Waals surface area contributed by atoms with Gasteiger partial charge in [-0.1, -0.05) is 6.07 Å². The van der Waals surface area contributed by atoms with Gasteiger partial charge in [-0.3, -0.25) is 0 Å². The number of hydrogen-bond acceptors (Lipinski definition) is 4. The van der Waals surface area contributed by atoms with Crippen LogP contribution in [0.25, 0.3) is 0 Å². The highest BCUT2D eigenvalue weighted by Gasteiger charge is 2.26. The maximum absolute atomic E-state index is 11.3. The summed E-state index contributed by atoms with van der Waals surface area (Å²) in [5.74, 6) is 0.418. The summed E-state index contributed by atoms with van der Waals surface area (Å²) in [4.78, 5) is 11.3. The van der Waals surface area contributed by atoms with Gasteiger partial charge in [-0.2, -0.15) is 0 Å². The summed E-state index contributed by atoms with van der Waals surface area (Å²) in [6, 6.07) is 5.17. The molecule has 5 heteroatoms. The number of esters is 1. The minimum Gasteiger partial charge on any atom is -0.489 e. The van der Waals surface area contributed by atoms with Crippen molar-refractivity contribution in [3.05, 3.63) is 22.7 Å². The van der Waals surface area contributed by atoms with Crippen LogP contribution in [0.1, 0.15) is 0 Å². The number of carbonyl (C=O) groups is 1. The Morgan fingerprint density at radius 3 is 3.20 bits per heavy atom. The molecule has 0 fully saturated rings. The number of carbonyl (C=O) groups excluding carboxylic acids is 1. The average molecular weight is 272 g/mol. The van der Waals surface area contributed by atoms with Gasteiger partial charge < -0.3 is 14.8 Å². The van der Waals surface area contributed by atoms with Crippen molar-refractivity contribution >= 4 is 27.6 Å². The van der Waals surface area contributed by atoms with E-state index in [4.69, 9.17) is 4.74 Å². The maximum Gasteiger partial charge on any atom is 0.331 e. The lowest BCUT2D eigenvalue weighted by atomic mass is 10.2. The lowest BCUT2D eigenvalue weighted by Gasteiger charge is -2.26. The monoisotopic (exact) mass is 271 g/mol. The molecular weight excluding hydrogens is 262 g/mol. The zero-order valence-electron chi connectivity index (χ0n) is 8.12. The van der Waals surface area contributed by atoms with Crippen molar-refractivity contribution in [2.75, 3.05) is 19.0 Å². The van der Waals surface area contributed by atoms with Crippen LogP contribution in [0.2, 0.25) is 0 Å². The Bertz CT molecular complexity index is 394. The molecule has 1 aliphatic rings. The van der Waals surface area contributed by atoms with Crippen LogP contribution < -0.4 is 10.1 Å². The van der Waals surface area contributed by atoms with E-state index in [1.807, 2.05) is 18.2 Å². The van der Waals surface area contributed by atoms with Crippen LogP contribution in [0.4, 0.5) is 5.69 Å². The van der Waals surface area contributed by atoms with Crippen LogP contribution in [0, 0.1) is 0 Å². The molecule has 1 atom stereocenters. The Hall–Kier alpha value is -1.23. The quantitative estimate of drug-likeness (QED) is 0.792. The van der Waals surface area contributed by atoms with Gasteiger partial charge in [0, 0.05) is 4.47 Å². The molecule has 0 aromatic heterocycles. The topological polar surface area (TPSA) is 47.6 Å². The first-order valence-corrected chi connectivity index (χ1v) is 5.27. The van der Waals surface area contributed by atoms with Gasteiger partial charge in [-0.05, 0) is 28.1 Å². The lowest BCUT2D eigenvalue weighted by Crippen LogP contribution is -2.39. The van der Waals surface area contributed by atoms with Crippen LogP contribution >= 0.6 is 15.9 Å². The summed E-state index contributed by atoms with van der Waals surface area (Å²) in [5.41, 5.74) is 0.791. The number of ether oxygens (including phenoxy) is 2. The Balaban J connectivity index is 2.26. The first-order valence-electron chi connectivity index (χ1n) is 4.48. The molecule has 0 saturated carbocycles. The van der Waals surface area contributed by atoms with Gasteiger partial charge in [0.2, 0.25) is 0 Å². The van der Waals surface area contributed by atoms with Crippen LogP contribution in [-0.4, -0.2) is 25.7 Å². The lowest BCUT2D eigenvalue weighted by molar-refractivity contribution is -0.142. The first kappa shape index (κ1) is 10.3. The van der Waals surface area contributed by atoms with E-state index in [0.29, 0.717) is 0 Å². The minimum atomic E-state index is -0.443. The van der Waals surface area contributed by atoms with Gasteiger partial charge in [-0.15, -0.1) is 0 Å². The van der Waals surface area contributed by atoms with Crippen molar-refractivity contribution in [1.82, 2.24) is 0 Å². The molecule has 0 saturated heterocycles. The fraction of sp³-hybridized carbons (Fsp3) is 0.300. The molecule has 0 bridgehead atoms. The third-order valence-corrected chi connectivity index (χ3v) is 2.85. The molecule has 15 heavy (non-hydrogen) atoms. The van der Waals surface area contributed by atoms with Crippen molar-refractivity contribution in [1.29, 1.82) is 0 Å². The molecule has 1 unspecified atom stereocenters. The molecule has 1 aromatic rings. The molecule has 1 N–H and O–H groups in total. The highest BCUT2D eigenvalue weighted by molar-refractivity contribution is 9.10. The molecule has 1 heterocycles. The fourth-order valence-electron chi connectivity index (χ4n) is 1.42. The van der Waals surface area contributed by atoms with Gasteiger partial charge in [0.15, 0.2) is 6.04 Å². The van der Waals surface area contributed by atoms with E-state index in [1.165, 1.54) is 7.11 Å². The van der Waals surface area contributed by atoms with Crippen molar-refractivity contribution in [3.8, 4) is 5.75 Å². The van der Waals surface area contributed by atoms with Crippen LogP contribution in [0.15, 0.2) is 22.7 Å². The fourth-order valence-corrected chi connectivity index (χ4v) is 1.89. The van der Waals surface area contributed by atoms with Gasteiger partial charge in [0.05, 0.1) is 12.8 Å². The summed E-state index contributed by atoms with van der Waals surface area (Å²) in [5, 5.41) is 3.07. The number of fused-ring (bicyclic) bond motifs is 1. The number of hydrogen-bond donors (Lipinski definition) is 1. The van der Waals surface area contributed by atoms with E-state index in [9.17, 15) is 4.79 Å². The minimum absolute atomic E-state index is 0.288. The zero-order valence-corrected chi connectivity index (χ0v) is 9.71. The van der Waals surface area contributed by atoms with Crippen LogP contribution in [-0.2, 0) is 9.53 Å². The van der Waals surface area contributed by atoms with E-state index in [-0.39, 0.29) is 12.6 Å². The highest BCUT2D eigenvalue weighted by Crippen LogP contribution is 2.35. The van der Waals surface area contributed by atoms with Crippen molar-refractivity contribution in [2.24, 2.45) is 0 Å². The number of benzene rings is 1. The van der Waals surface area contributed by atoms with Crippen LogP contribution in [0.5, 0.6) is 5.75 Å². The average Bonchev–Trinajstić information content (AvgIpc) is 2.28. The van der Waals surface area contributed by atoms with Crippen molar-refractivity contribution in [3.63, 3.8) is 0 Å². The van der Waals surface area contributed by atoms with E-state index in [0.717, 1.165) is 15.9 Å². The smallest absolute Gasteiger partial charge is 0.331 e. The third-order valence-electron chi connectivity index (χ3n) is 2.19. The Morgan fingerprint density at radius 2 is 2.47 bits per heavy atom. The second-order valence-corrected chi connectivity index (χ2v) is 4.00. The maximum atomic E-state index is 11.3. The van der Waals surface area contributed by atoms with E-state index >= 15 is 0 Å². The third kappa shape index (κ3) is 1.92. The SMILES string of the molecule is COC(=O)C1COc2cccc(Br)c2N1. The van der Waals surface area contributed by atoms with Gasteiger partial charge in [0.25, 0.3) is 0 Å². The van der Waals surface area contributed by atoms with Crippen LogP contribution in [0.3, 0.4) is 0 Å². The van der Waals surface area contributed by atoms with Crippen molar-refractivity contribution in [2.45, 2.75) is 6.04 Å². The Labute approximate surface area is 95.7 Å². The molecule has 1 aromatic carbocycles. The van der Waals surface area contributed by atoms with E-state index in [2.05, 4.69) is 26.0 Å². The summed E-state index contributed by atoms with van der Waals surface area (Å²) in [6.07, 6.45) is 0. The number of nitrogens with one attached hydrogen (secondary N) is 1. The normalized spacial score (nSPS) is 18.4. The predicted octanol–water partition coefficient (Wildman–Crippen LogP) is 1.79. The second kappa shape index (κ2) is 4.10. The standard InChI is InChI=1S/C10H10BrNO3/c1-14-10(13)7-5-15-8-4-2-3-6(11)9(8)12-7/h2-4,7,12H,5H2,1H3. The molecule has 80 valence electrons. The Morgan fingerprint density at radius 1 is 1.67 bits per heavy atom. The van der Waals surface area contributed by atoms with Crippen molar-refractivity contribution < 1.29 is 14.3 Å². The predicted molar refractivity (Wildman–Crippen MR) is 59.1 cm³/mol.